The topological polar surface area (TPSA) is 34.4 Å². The maximum Gasteiger partial charge on any atom is 0.116 e. The minimum Gasteiger partial charge on any atom is -0.508 e. The summed E-state index contributed by atoms with van der Waals surface area (Å²) in [4.78, 5) is 0. The van der Waals surface area contributed by atoms with Gasteiger partial charge in [-0.25, -0.2) is 0 Å². The van der Waals surface area contributed by atoms with Gasteiger partial charge < -0.3 is 14.4 Å². The summed E-state index contributed by atoms with van der Waals surface area (Å²) < 4.78 is 7.21. The second kappa shape index (κ2) is 3.95. The molecule has 1 aromatic heterocycles. The first kappa shape index (κ1) is 10.1. The van der Waals surface area contributed by atoms with E-state index in [1.807, 2.05) is 12.3 Å². The molecule has 0 amide bonds. The standard InChI is InChI=1S/C12H15NO2/c1-9(8-15-2)13-6-10-3-4-12(14)5-11(10)7-13/h3-7,9,14H,8H2,1-2H3/t9-/m0/s1. The van der Waals surface area contributed by atoms with Crippen LogP contribution < -0.4 is 0 Å². The lowest BCUT2D eigenvalue weighted by Gasteiger charge is -2.11. The Morgan fingerprint density at radius 3 is 2.80 bits per heavy atom. The van der Waals surface area contributed by atoms with E-state index in [0.29, 0.717) is 18.4 Å². The van der Waals surface area contributed by atoms with Gasteiger partial charge in [0.25, 0.3) is 0 Å². The van der Waals surface area contributed by atoms with Gasteiger partial charge in [0.05, 0.1) is 12.6 Å². The first-order valence-electron chi connectivity index (χ1n) is 5.00. The van der Waals surface area contributed by atoms with Gasteiger partial charge in [0.1, 0.15) is 5.75 Å². The number of nitrogens with zero attached hydrogens (tertiary/aromatic N) is 1. The van der Waals surface area contributed by atoms with Crippen LogP contribution in [0, 0.1) is 0 Å². The number of aromatic hydroxyl groups is 1. The summed E-state index contributed by atoms with van der Waals surface area (Å²) in [5.74, 6) is 0.305. The van der Waals surface area contributed by atoms with E-state index >= 15 is 0 Å². The first-order valence-corrected chi connectivity index (χ1v) is 5.00. The van der Waals surface area contributed by atoms with Crippen LogP contribution in [-0.2, 0) is 4.74 Å². The zero-order valence-corrected chi connectivity index (χ0v) is 8.97. The number of phenols is 1. The van der Waals surface area contributed by atoms with Gasteiger partial charge in [0, 0.05) is 24.9 Å². The number of hydrogen-bond acceptors (Lipinski definition) is 2. The maximum atomic E-state index is 9.35. The molecule has 0 saturated carbocycles. The van der Waals surface area contributed by atoms with Crippen LogP contribution in [0.3, 0.4) is 0 Å². The number of rotatable bonds is 3. The van der Waals surface area contributed by atoms with E-state index in [4.69, 9.17) is 4.74 Å². The monoisotopic (exact) mass is 205 g/mol. The molecule has 1 atom stereocenters. The molecule has 80 valence electrons. The molecule has 15 heavy (non-hydrogen) atoms. The largest absolute Gasteiger partial charge is 0.508 e. The van der Waals surface area contributed by atoms with Crippen LogP contribution in [0.2, 0.25) is 0 Å². The molecule has 1 heterocycles. The van der Waals surface area contributed by atoms with Gasteiger partial charge in [-0.3, -0.25) is 0 Å². The second-order valence-electron chi connectivity index (χ2n) is 3.82. The summed E-state index contributed by atoms with van der Waals surface area (Å²) in [5, 5.41) is 11.5. The highest BCUT2D eigenvalue weighted by Gasteiger charge is 2.05. The molecule has 0 saturated heterocycles. The Balaban J connectivity index is 2.38. The zero-order chi connectivity index (χ0) is 10.8. The number of ether oxygens (including phenoxy) is 1. The second-order valence-corrected chi connectivity index (χ2v) is 3.82. The van der Waals surface area contributed by atoms with Crippen molar-refractivity contribution in [1.82, 2.24) is 4.57 Å². The molecule has 0 unspecified atom stereocenters. The highest BCUT2D eigenvalue weighted by atomic mass is 16.5. The average molecular weight is 205 g/mol. The Hall–Kier alpha value is -1.48. The minimum absolute atomic E-state index is 0.305. The van der Waals surface area contributed by atoms with Gasteiger partial charge in [-0.1, -0.05) is 0 Å². The number of hydrogen-bond donors (Lipinski definition) is 1. The lowest BCUT2D eigenvalue weighted by molar-refractivity contribution is 0.162. The zero-order valence-electron chi connectivity index (χ0n) is 8.97. The third-order valence-electron chi connectivity index (χ3n) is 2.56. The summed E-state index contributed by atoms with van der Waals surface area (Å²) >= 11 is 0. The van der Waals surface area contributed by atoms with Crippen LogP contribution >= 0.6 is 0 Å². The predicted octanol–water partition coefficient (Wildman–Crippen LogP) is 2.55. The molecule has 1 aromatic carbocycles. The minimum atomic E-state index is 0.305. The van der Waals surface area contributed by atoms with Crippen molar-refractivity contribution in [2.45, 2.75) is 13.0 Å². The molecule has 0 aliphatic heterocycles. The van der Waals surface area contributed by atoms with Gasteiger partial charge in [0.2, 0.25) is 0 Å². The van der Waals surface area contributed by atoms with Crippen LogP contribution in [0.1, 0.15) is 13.0 Å². The molecule has 2 rings (SSSR count). The van der Waals surface area contributed by atoms with Crippen molar-refractivity contribution in [3.63, 3.8) is 0 Å². The van der Waals surface area contributed by atoms with Gasteiger partial charge in [-0.15, -0.1) is 0 Å². The van der Waals surface area contributed by atoms with Gasteiger partial charge in [0.15, 0.2) is 0 Å². The lowest BCUT2D eigenvalue weighted by atomic mass is 10.2. The van der Waals surface area contributed by atoms with E-state index in [1.54, 1.807) is 19.2 Å². The smallest absolute Gasteiger partial charge is 0.116 e. The quantitative estimate of drug-likeness (QED) is 0.835. The van der Waals surface area contributed by atoms with E-state index in [-0.39, 0.29) is 0 Å². The number of methoxy groups -OCH3 is 1. The van der Waals surface area contributed by atoms with Crippen molar-refractivity contribution in [3.05, 3.63) is 30.6 Å². The van der Waals surface area contributed by atoms with Crippen LogP contribution in [0.5, 0.6) is 5.75 Å². The number of phenolic OH excluding ortho intramolecular Hbond substituents is 1. The van der Waals surface area contributed by atoms with Crippen molar-refractivity contribution >= 4 is 10.8 Å². The average Bonchev–Trinajstić information content (AvgIpc) is 2.60. The number of aromatic nitrogens is 1. The molecule has 0 spiro atoms. The molecule has 0 aliphatic rings. The van der Waals surface area contributed by atoms with Gasteiger partial charge in [-0.2, -0.15) is 0 Å². The van der Waals surface area contributed by atoms with Crippen LogP contribution in [0.15, 0.2) is 30.6 Å². The lowest BCUT2D eigenvalue weighted by Crippen LogP contribution is -2.08. The van der Waals surface area contributed by atoms with Crippen LogP contribution in [-0.4, -0.2) is 23.4 Å². The highest BCUT2D eigenvalue weighted by molar-refractivity contribution is 5.83. The fraction of sp³-hybridized carbons (Fsp3) is 0.333. The van der Waals surface area contributed by atoms with E-state index in [2.05, 4.69) is 17.7 Å². The van der Waals surface area contributed by atoms with Crippen LogP contribution in [0.4, 0.5) is 0 Å². The Bertz CT molecular complexity index is 462. The van der Waals surface area contributed by atoms with E-state index in [0.717, 1.165) is 10.8 Å². The summed E-state index contributed by atoms with van der Waals surface area (Å²) in [7, 11) is 1.70. The first-order chi connectivity index (χ1) is 7.20. The third kappa shape index (κ3) is 1.97. The molecule has 1 N–H and O–H groups in total. The van der Waals surface area contributed by atoms with Crippen molar-refractivity contribution in [2.75, 3.05) is 13.7 Å². The van der Waals surface area contributed by atoms with E-state index in [1.165, 1.54) is 0 Å². The molecular formula is C12H15NO2. The van der Waals surface area contributed by atoms with E-state index in [9.17, 15) is 5.11 Å². The molecular weight excluding hydrogens is 190 g/mol. The normalized spacial score (nSPS) is 13.2. The fourth-order valence-corrected chi connectivity index (χ4v) is 1.73. The van der Waals surface area contributed by atoms with E-state index < -0.39 is 0 Å². The molecule has 0 aliphatic carbocycles. The molecule has 3 nitrogen and oxygen atoms in total. The summed E-state index contributed by atoms with van der Waals surface area (Å²) in [6.45, 7) is 2.79. The highest BCUT2D eigenvalue weighted by Crippen LogP contribution is 2.22. The fourth-order valence-electron chi connectivity index (χ4n) is 1.73. The molecule has 2 aromatic rings. The summed E-state index contributed by atoms with van der Waals surface area (Å²) in [6.07, 6.45) is 4.09. The van der Waals surface area contributed by atoms with Crippen molar-refractivity contribution in [1.29, 1.82) is 0 Å². The predicted molar refractivity (Wildman–Crippen MR) is 60.2 cm³/mol. The molecule has 0 radical (unpaired) electrons. The molecule has 3 heteroatoms. The Morgan fingerprint density at radius 2 is 2.07 bits per heavy atom. The van der Waals surface area contributed by atoms with Crippen molar-refractivity contribution < 1.29 is 9.84 Å². The molecule has 0 fully saturated rings. The third-order valence-corrected chi connectivity index (χ3v) is 2.56. The van der Waals surface area contributed by atoms with Crippen LogP contribution in [0.25, 0.3) is 10.8 Å². The van der Waals surface area contributed by atoms with Gasteiger partial charge in [-0.05, 0) is 30.5 Å². The number of benzene rings is 1. The van der Waals surface area contributed by atoms with Crippen molar-refractivity contribution in [2.24, 2.45) is 0 Å². The summed E-state index contributed by atoms with van der Waals surface area (Å²) in [5.41, 5.74) is 0. The summed E-state index contributed by atoms with van der Waals surface area (Å²) in [6, 6.07) is 5.70. The SMILES string of the molecule is COC[C@H](C)n1cc2ccc(O)cc2c1. The van der Waals surface area contributed by atoms with Gasteiger partial charge >= 0.3 is 0 Å². The van der Waals surface area contributed by atoms with Crippen molar-refractivity contribution in [3.8, 4) is 5.75 Å². The Kier molecular flexibility index (Phi) is 2.64. The molecule has 0 bridgehead atoms. The Labute approximate surface area is 88.9 Å². The maximum absolute atomic E-state index is 9.35. The Morgan fingerprint density at radius 1 is 1.33 bits per heavy atom. The number of fused-ring (bicyclic) bond motifs is 1.